The molecule has 0 saturated carbocycles. The van der Waals surface area contributed by atoms with Crippen LogP contribution in [0.1, 0.15) is 24.9 Å². The third-order valence-electron chi connectivity index (χ3n) is 3.61. The van der Waals surface area contributed by atoms with E-state index in [0.29, 0.717) is 13.1 Å². The molecule has 1 aliphatic heterocycles. The van der Waals surface area contributed by atoms with Gasteiger partial charge in [-0.2, -0.15) is 0 Å². The van der Waals surface area contributed by atoms with E-state index >= 15 is 0 Å². The van der Waals surface area contributed by atoms with Gasteiger partial charge in [0.15, 0.2) is 0 Å². The standard InChI is InChI=1S/C14H22N2O3/c1-3-4-11-5-6-12(19-11)9-16-8-7-15(2)13(10-16)14(17)18/h5-6,13H,3-4,7-10H2,1-2H3,(H,17,18)/t13-/m1/s1. The molecule has 106 valence electrons. The third kappa shape index (κ3) is 3.58. The summed E-state index contributed by atoms with van der Waals surface area (Å²) in [5.74, 6) is 1.19. The van der Waals surface area contributed by atoms with Crippen molar-refractivity contribution < 1.29 is 14.3 Å². The molecule has 1 aliphatic rings. The molecule has 5 nitrogen and oxygen atoms in total. The van der Waals surface area contributed by atoms with E-state index in [2.05, 4.69) is 11.8 Å². The SMILES string of the molecule is CCCc1ccc(CN2CCN(C)[C@@H](C(=O)O)C2)o1. The Bertz CT molecular complexity index is 430. The van der Waals surface area contributed by atoms with E-state index in [9.17, 15) is 9.90 Å². The molecule has 19 heavy (non-hydrogen) atoms. The second-order valence-corrected chi connectivity index (χ2v) is 5.19. The van der Waals surface area contributed by atoms with Gasteiger partial charge in [-0.1, -0.05) is 6.92 Å². The fourth-order valence-corrected chi connectivity index (χ4v) is 2.45. The fourth-order valence-electron chi connectivity index (χ4n) is 2.45. The number of carbonyl (C=O) groups is 1. The van der Waals surface area contributed by atoms with Crippen LogP contribution < -0.4 is 0 Å². The molecule has 0 aromatic carbocycles. The summed E-state index contributed by atoms with van der Waals surface area (Å²) in [4.78, 5) is 15.2. The number of aryl methyl sites for hydroxylation is 1. The van der Waals surface area contributed by atoms with Crippen LogP contribution in [0.3, 0.4) is 0 Å². The number of aliphatic carboxylic acids is 1. The van der Waals surface area contributed by atoms with Crippen molar-refractivity contribution in [2.75, 3.05) is 26.7 Å². The first-order valence-corrected chi connectivity index (χ1v) is 6.83. The molecule has 0 unspecified atom stereocenters. The minimum absolute atomic E-state index is 0.418. The molecule has 1 aromatic heterocycles. The molecule has 1 aromatic rings. The van der Waals surface area contributed by atoms with Gasteiger partial charge in [0.2, 0.25) is 0 Å². The average Bonchev–Trinajstić information content (AvgIpc) is 2.79. The quantitative estimate of drug-likeness (QED) is 0.873. The second-order valence-electron chi connectivity index (χ2n) is 5.19. The lowest BCUT2D eigenvalue weighted by molar-refractivity contribution is -0.145. The Morgan fingerprint density at radius 3 is 2.84 bits per heavy atom. The number of rotatable bonds is 5. The predicted molar refractivity (Wildman–Crippen MR) is 72.0 cm³/mol. The summed E-state index contributed by atoms with van der Waals surface area (Å²) >= 11 is 0. The van der Waals surface area contributed by atoms with Crippen molar-refractivity contribution in [3.05, 3.63) is 23.7 Å². The highest BCUT2D eigenvalue weighted by Gasteiger charge is 2.29. The zero-order valence-electron chi connectivity index (χ0n) is 11.6. The normalized spacial score (nSPS) is 21.7. The van der Waals surface area contributed by atoms with Gasteiger partial charge in [-0.15, -0.1) is 0 Å². The Balaban J connectivity index is 1.93. The van der Waals surface area contributed by atoms with E-state index in [4.69, 9.17) is 4.42 Å². The van der Waals surface area contributed by atoms with Crippen LogP contribution in [0.5, 0.6) is 0 Å². The number of piperazine rings is 1. The molecule has 0 amide bonds. The number of hydrogen-bond donors (Lipinski definition) is 1. The number of carboxylic acid groups (broad SMARTS) is 1. The van der Waals surface area contributed by atoms with Gasteiger partial charge in [-0.25, -0.2) is 0 Å². The van der Waals surface area contributed by atoms with E-state index in [1.165, 1.54) is 0 Å². The minimum Gasteiger partial charge on any atom is -0.480 e. The molecule has 1 atom stereocenters. The summed E-state index contributed by atoms with van der Waals surface area (Å²) in [5.41, 5.74) is 0. The van der Waals surface area contributed by atoms with E-state index in [1.54, 1.807) is 0 Å². The first kappa shape index (κ1) is 14.1. The predicted octanol–water partition coefficient (Wildman–Crippen LogP) is 1.43. The van der Waals surface area contributed by atoms with Gasteiger partial charge >= 0.3 is 5.97 Å². The van der Waals surface area contributed by atoms with Crippen molar-refractivity contribution in [1.82, 2.24) is 9.80 Å². The molecule has 0 radical (unpaired) electrons. The zero-order chi connectivity index (χ0) is 13.8. The van der Waals surface area contributed by atoms with Gasteiger partial charge in [0, 0.05) is 26.1 Å². The maximum absolute atomic E-state index is 11.2. The van der Waals surface area contributed by atoms with Crippen LogP contribution in [-0.4, -0.2) is 53.6 Å². The summed E-state index contributed by atoms with van der Waals surface area (Å²) in [5, 5.41) is 9.17. The van der Waals surface area contributed by atoms with Crippen LogP contribution >= 0.6 is 0 Å². The summed E-state index contributed by atoms with van der Waals surface area (Å²) in [6, 6.07) is 3.60. The molecule has 0 bridgehead atoms. The van der Waals surface area contributed by atoms with Gasteiger partial charge in [-0.3, -0.25) is 14.6 Å². The Morgan fingerprint density at radius 2 is 2.16 bits per heavy atom. The van der Waals surface area contributed by atoms with Crippen molar-refractivity contribution in [3.63, 3.8) is 0 Å². The highest BCUT2D eigenvalue weighted by Crippen LogP contribution is 2.15. The number of likely N-dealkylation sites (N-methyl/N-ethyl adjacent to an activating group) is 1. The van der Waals surface area contributed by atoms with E-state index in [1.807, 2.05) is 24.1 Å². The van der Waals surface area contributed by atoms with Crippen molar-refractivity contribution in [2.24, 2.45) is 0 Å². The molecule has 1 fully saturated rings. The maximum atomic E-state index is 11.2. The smallest absolute Gasteiger partial charge is 0.322 e. The molecule has 2 heterocycles. The van der Waals surface area contributed by atoms with Gasteiger partial charge < -0.3 is 9.52 Å². The van der Waals surface area contributed by atoms with Crippen LogP contribution in [0.4, 0.5) is 0 Å². The van der Waals surface area contributed by atoms with Crippen molar-refractivity contribution in [2.45, 2.75) is 32.4 Å². The maximum Gasteiger partial charge on any atom is 0.322 e. The Labute approximate surface area is 113 Å². The highest BCUT2D eigenvalue weighted by molar-refractivity contribution is 5.73. The van der Waals surface area contributed by atoms with Crippen molar-refractivity contribution in [3.8, 4) is 0 Å². The number of nitrogens with zero attached hydrogens (tertiary/aromatic N) is 2. The van der Waals surface area contributed by atoms with Gasteiger partial charge in [0.1, 0.15) is 17.6 Å². The zero-order valence-corrected chi connectivity index (χ0v) is 11.6. The summed E-state index contributed by atoms with van der Waals surface area (Å²) in [6.07, 6.45) is 2.03. The molecule has 0 spiro atoms. The largest absolute Gasteiger partial charge is 0.480 e. The van der Waals surface area contributed by atoms with Crippen LogP contribution in [0.25, 0.3) is 0 Å². The molecule has 5 heteroatoms. The van der Waals surface area contributed by atoms with Gasteiger partial charge in [0.25, 0.3) is 0 Å². The van der Waals surface area contributed by atoms with E-state index in [-0.39, 0.29) is 0 Å². The monoisotopic (exact) mass is 266 g/mol. The number of hydrogen-bond acceptors (Lipinski definition) is 4. The summed E-state index contributed by atoms with van der Waals surface area (Å²) < 4.78 is 5.75. The number of furan rings is 1. The average molecular weight is 266 g/mol. The first-order valence-electron chi connectivity index (χ1n) is 6.83. The third-order valence-corrected chi connectivity index (χ3v) is 3.61. The van der Waals surface area contributed by atoms with Crippen LogP contribution in [0.2, 0.25) is 0 Å². The molecular formula is C14H22N2O3. The van der Waals surface area contributed by atoms with E-state index in [0.717, 1.165) is 37.5 Å². The fraction of sp³-hybridized carbons (Fsp3) is 0.643. The lowest BCUT2D eigenvalue weighted by atomic mass is 10.2. The molecule has 1 N–H and O–H groups in total. The summed E-state index contributed by atoms with van der Waals surface area (Å²) in [6.45, 7) is 5.03. The minimum atomic E-state index is -0.752. The van der Waals surface area contributed by atoms with Crippen LogP contribution in [-0.2, 0) is 17.8 Å². The van der Waals surface area contributed by atoms with E-state index < -0.39 is 12.0 Å². The van der Waals surface area contributed by atoms with Crippen LogP contribution in [0.15, 0.2) is 16.5 Å². The van der Waals surface area contributed by atoms with Crippen LogP contribution in [0, 0.1) is 0 Å². The lowest BCUT2D eigenvalue weighted by Gasteiger charge is -2.36. The summed E-state index contributed by atoms with van der Waals surface area (Å²) in [7, 11) is 1.86. The van der Waals surface area contributed by atoms with Gasteiger partial charge in [0.05, 0.1) is 6.54 Å². The molecule has 1 saturated heterocycles. The Hall–Kier alpha value is -1.33. The molecule has 0 aliphatic carbocycles. The van der Waals surface area contributed by atoms with Crippen molar-refractivity contribution >= 4 is 5.97 Å². The molecular weight excluding hydrogens is 244 g/mol. The molecule has 2 rings (SSSR count). The Morgan fingerprint density at radius 1 is 1.42 bits per heavy atom. The topological polar surface area (TPSA) is 56.9 Å². The number of carboxylic acids is 1. The first-order chi connectivity index (χ1) is 9.10. The highest BCUT2D eigenvalue weighted by atomic mass is 16.4. The lowest BCUT2D eigenvalue weighted by Crippen LogP contribution is -2.54. The second kappa shape index (κ2) is 6.21. The van der Waals surface area contributed by atoms with Gasteiger partial charge in [-0.05, 0) is 25.6 Å². The Kier molecular flexibility index (Phi) is 4.61. The van der Waals surface area contributed by atoms with Crippen molar-refractivity contribution in [1.29, 1.82) is 0 Å².